The third-order valence-corrected chi connectivity index (χ3v) is 6.07. The molecule has 1 atom stereocenters. The Hall–Kier alpha value is -2.74. The van der Waals surface area contributed by atoms with Crippen LogP contribution in [0.4, 0.5) is 0 Å². The Kier molecular flexibility index (Phi) is 7.52. The number of hydrogen-bond acceptors (Lipinski definition) is 5. The SMILES string of the molecule is O=C(CCCc1nc2ccccc2c(=O)[nH]1)NCC(c1ccccc1Cl)N1CCOCC1. The Balaban J connectivity index is 1.33. The molecule has 1 aromatic heterocycles. The minimum absolute atomic E-state index is 0.00457. The van der Waals surface area contributed by atoms with Crippen LogP contribution in [0.1, 0.15) is 30.3 Å². The number of fused-ring (bicyclic) bond motifs is 1. The molecule has 0 saturated carbocycles. The Morgan fingerprint density at radius 3 is 2.72 bits per heavy atom. The van der Waals surface area contributed by atoms with Gasteiger partial charge in [-0.15, -0.1) is 0 Å². The van der Waals surface area contributed by atoms with Crippen molar-refractivity contribution >= 4 is 28.4 Å². The van der Waals surface area contributed by atoms with Crippen LogP contribution in [0, 0.1) is 0 Å². The number of nitrogens with one attached hydrogen (secondary N) is 2. The molecule has 1 amide bonds. The average molecular weight is 455 g/mol. The van der Waals surface area contributed by atoms with Crippen LogP contribution in [0.25, 0.3) is 10.9 Å². The molecule has 1 fully saturated rings. The summed E-state index contributed by atoms with van der Waals surface area (Å²) in [6, 6.07) is 15.0. The van der Waals surface area contributed by atoms with Gasteiger partial charge in [0.1, 0.15) is 5.82 Å². The molecule has 7 nitrogen and oxygen atoms in total. The van der Waals surface area contributed by atoms with E-state index in [1.807, 2.05) is 42.5 Å². The van der Waals surface area contributed by atoms with Crippen LogP contribution in [0.2, 0.25) is 5.02 Å². The number of carbonyl (C=O) groups is 1. The van der Waals surface area contributed by atoms with Crippen molar-refractivity contribution in [1.82, 2.24) is 20.2 Å². The van der Waals surface area contributed by atoms with Crippen LogP contribution in [0.15, 0.2) is 53.3 Å². The van der Waals surface area contributed by atoms with E-state index in [0.717, 1.165) is 18.7 Å². The van der Waals surface area contributed by atoms with Gasteiger partial charge in [0.2, 0.25) is 5.91 Å². The highest BCUT2D eigenvalue weighted by atomic mass is 35.5. The molecule has 1 unspecified atom stereocenters. The lowest BCUT2D eigenvalue weighted by Crippen LogP contribution is -2.43. The first-order valence-corrected chi connectivity index (χ1v) is 11.3. The first-order valence-electron chi connectivity index (χ1n) is 10.9. The second-order valence-corrected chi connectivity index (χ2v) is 8.28. The summed E-state index contributed by atoms with van der Waals surface area (Å²) in [5.74, 6) is 0.571. The summed E-state index contributed by atoms with van der Waals surface area (Å²) in [6.45, 7) is 3.42. The summed E-state index contributed by atoms with van der Waals surface area (Å²) >= 11 is 6.45. The lowest BCUT2D eigenvalue weighted by molar-refractivity contribution is -0.121. The van der Waals surface area contributed by atoms with Gasteiger partial charge in [0, 0.05) is 37.5 Å². The van der Waals surface area contributed by atoms with Crippen molar-refractivity contribution in [2.24, 2.45) is 0 Å². The molecule has 4 rings (SSSR count). The van der Waals surface area contributed by atoms with Crippen LogP contribution in [-0.2, 0) is 16.0 Å². The van der Waals surface area contributed by atoms with E-state index >= 15 is 0 Å². The fraction of sp³-hybridized carbons (Fsp3) is 0.375. The molecular formula is C24H27ClN4O3. The van der Waals surface area contributed by atoms with E-state index in [1.165, 1.54) is 0 Å². The normalized spacial score (nSPS) is 15.5. The minimum Gasteiger partial charge on any atom is -0.379 e. The molecule has 8 heteroatoms. The highest BCUT2D eigenvalue weighted by molar-refractivity contribution is 6.31. The van der Waals surface area contributed by atoms with E-state index in [-0.39, 0.29) is 17.5 Å². The van der Waals surface area contributed by atoms with E-state index in [2.05, 4.69) is 20.2 Å². The number of benzene rings is 2. The van der Waals surface area contributed by atoms with E-state index < -0.39 is 0 Å². The topological polar surface area (TPSA) is 87.3 Å². The molecule has 32 heavy (non-hydrogen) atoms. The summed E-state index contributed by atoms with van der Waals surface area (Å²) in [5, 5.41) is 4.33. The van der Waals surface area contributed by atoms with Gasteiger partial charge in [-0.05, 0) is 30.2 Å². The summed E-state index contributed by atoms with van der Waals surface area (Å²) < 4.78 is 5.48. The van der Waals surface area contributed by atoms with Crippen LogP contribution in [-0.4, -0.2) is 53.6 Å². The number of hydrogen-bond donors (Lipinski definition) is 2. The average Bonchev–Trinajstić information content (AvgIpc) is 2.81. The van der Waals surface area contributed by atoms with E-state index in [1.54, 1.807) is 6.07 Å². The Labute approximate surface area is 191 Å². The van der Waals surface area contributed by atoms with Gasteiger partial charge in [-0.25, -0.2) is 4.98 Å². The maximum Gasteiger partial charge on any atom is 0.258 e. The summed E-state index contributed by atoms with van der Waals surface area (Å²) in [6.07, 6.45) is 1.49. The second kappa shape index (κ2) is 10.7. The van der Waals surface area contributed by atoms with Crippen LogP contribution in [0.5, 0.6) is 0 Å². The first-order chi connectivity index (χ1) is 15.6. The molecular weight excluding hydrogens is 428 g/mol. The lowest BCUT2D eigenvalue weighted by atomic mass is 10.0. The number of ether oxygens (including phenoxy) is 1. The number of aryl methyl sites for hydroxylation is 1. The summed E-state index contributed by atoms with van der Waals surface area (Å²) in [7, 11) is 0. The highest BCUT2D eigenvalue weighted by Gasteiger charge is 2.24. The predicted molar refractivity (Wildman–Crippen MR) is 125 cm³/mol. The molecule has 0 aliphatic carbocycles. The maximum atomic E-state index is 12.5. The number of morpholine rings is 1. The number of H-pyrrole nitrogens is 1. The third kappa shape index (κ3) is 5.54. The molecule has 2 aromatic carbocycles. The molecule has 1 saturated heterocycles. The van der Waals surface area contributed by atoms with E-state index in [4.69, 9.17) is 16.3 Å². The van der Waals surface area contributed by atoms with Crippen molar-refractivity contribution < 1.29 is 9.53 Å². The number of rotatable bonds is 8. The Morgan fingerprint density at radius 1 is 1.16 bits per heavy atom. The van der Waals surface area contributed by atoms with Crippen LogP contribution < -0.4 is 10.9 Å². The van der Waals surface area contributed by atoms with Crippen LogP contribution in [0.3, 0.4) is 0 Å². The van der Waals surface area contributed by atoms with Gasteiger partial charge in [0.15, 0.2) is 0 Å². The van der Waals surface area contributed by atoms with Gasteiger partial charge in [-0.3, -0.25) is 14.5 Å². The lowest BCUT2D eigenvalue weighted by Gasteiger charge is -2.35. The van der Waals surface area contributed by atoms with E-state index in [0.29, 0.717) is 60.8 Å². The van der Waals surface area contributed by atoms with Gasteiger partial charge in [-0.2, -0.15) is 0 Å². The summed E-state index contributed by atoms with van der Waals surface area (Å²) in [4.78, 5) is 34.3. The quantitative estimate of drug-likeness (QED) is 0.546. The van der Waals surface area contributed by atoms with Crippen LogP contribution >= 0.6 is 11.6 Å². The van der Waals surface area contributed by atoms with Crippen molar-refractivity contribution in [3.05, 3.63) is 75.3 Å². The number of aromatic amines is 1. The van der Waals surface area contributed by atoms with Gasteiger partial charge in [0.05, 0.1) is 30.2 Å². The van der Waals surface area contributed by atoms with Gasteiger partial charge < -0.3 is 15.0 Å². The van der Waals surface area contributed by atoms with Gasteiger partial charge in [0.25, 0.3) is 5.56 Å². The number of nitrogens with zero attached hydrogens (tertiary/aromatic N) is 2. The fourth-order valence-electron chi connectivity index (χ4n) is 4.04. The number of amides is 1. The number of halogens is 1. The Morgan fingerprint density at radius 2 is 1.91 bits per heavy atom. The molecule has 2 heterocycles. The van der Waals surface area contributed by atoms with Crippen molar-refractivity contribution in [2.45, 2.75) is 25.3 Å². The minimum atomic E-state index is -0.150. The standard InChI is InChI=1S/C24H27ClN4O3/c25-19-8-3-1-6-17(19)21(29-12-14-32-15-13-29)16-26-23(30)11-5-10-22-27-20-9-4-2-7-18(20)24(31)28-22/h1-4,6-9,21H,5,10-16H2,(H,26,30)(H,27,28,31). The zero-order valence-electron chi connectivity index (χ0n) is 17.9. The molecule has 0 spiro atoms. The second-order valence-electron chi connectivity index (χ2n) is 7.87. The molecule has 0 radical (unpaired) electrons. The maximum absolute atomic E-state index is 12.5. The van der Waals surface area contributed by atoms with Gasteiger partial charge >= 0.3 is 0 Å². The molecule has 2 N–H and O–H groups in total. The zero-order chi connectivity index (χ0) is 22.3. The first kappa shape index (κ1) is 22.5. The van der Waals surface area contributed by atoms with Crippen molar-refractivity contribution in [3.8, 4) is 0 Å². The summed E-state index contributed by atoms with van der Waals surface area (Å²) in [5.41, 5.74) is 1.53. The molecule has 168 valence electrons. The monoisotopic (exact) mass is 454 g/mol. The molecule has 1 aliphatic heterocycles. The molecule has 3 aromatic rings. The zero-order valence-corrected chi connectivity index (χ0v) is 18.6. The van der Waals surface area contributed by atoms with Crippen molar-refractivity contribution in [3.63, 3.8) is 0 Å². The highest BCUT2D eigenvalue weighted by Crippen LogP contribution is 2.27. The molecule has 0 bridgehead atoms. The number of aromatic nitrogens is 2. The predicted octanol–water partition coefficient (Wildman–Crippen LogP) is 3.09. The molecule has 1 aliphatic rings. The fourth-order valence-corrected chi connectivity index (χ4v) is 4.30. The Bertz CT molecular complexity index is 1130. The number of carbonyl (C=O) groups excluding carboxylic acids is 1. The number of para-hydroxylation sites is 1. The smallest absolute Gasteiger partial charge is 0.258 e. The third-order valence-electron chi connectivity index (χ3n) is 5.72. The van der Waals surface area contributed by atoms with E-state index in [9.17, 15) is 9.59 Å². The van der Waals surface area contributed by atoms with Gasteiger partial charge in [-0.1, -0.05) is 41.9 Å². The van der Waals surface area contributed by atoms with Crippen molar-refractivity contribution in [1.29, 1.82) is 0 Å². The van der Waals surface area contributed by atoms with Crippen molar-refractivity contribution in [2.75, 3.05) is 32.8 Å². The largest absolute Gasteiger partial charge is 0.379 e.